The number of rotatable bonds is 6. The van der Waals surface area contributed by atoms with Crippen molar-refractivity contribution in [1.82, 2.24) is 4.90 Å². The van der Waals surface area contributed by atoms with Gasteiger partial charge in [0, 0.05) is 55.4 Å². The molecule has 1 aliphatic rings. The van der Waals surface area contributed by atoms with Crippen LogP contribution in [-0.2, 0) is 14.6 Å². The van der Waals surface area contributed by atoms with E-state index in [4.69, 9.17) is 11.6 Å². The molecule has 2 aromatic carbocycles. The molecule has 8 nitrogen and oxygen atoms in total. The SMILES string of the molecule is O=C(CCS(=O)(=O)c1ccc(Cl)cc1)N1CCN(c2ccc([N+](=O)[O-])cc2)CC1. The summed E-state index contributed by atoms with van der Waals surface area (Å²) < 4.78 is 24.7. The molecule has 1 amide bonds. The van der Waals surface area contributed by atoms with Crippen LogP contribution >= 0.6 is 11.6 Å². The molecule has 0 saturated carbocycles. The van der Waals surface area contributed by atoms with Gasteiger partial charge in [-0.05, 0) is 36.4 Å². The van der Waals surface area contributed by atoms with Gasteiger partial charge in [0.05, 0.1) is 15.6 Å². The van der Waals surface area contributed by atoms with Crippen LogP contribution in [0.15, 0.2) is 53.4 Å². The molecule has 1 heterocycles. The number of non-ortho nitro benzene ring substituents is 1. The van der Waals surface area contributed by atoms with Gasteiger partial charge < -0.3 is 9.80 Å². The quantitative estimate of drug-likeness (QED) is 0.508. The number of hydrogen-bond donors (Lipinski definition) is 0. The molecule has 29 heavy (non-hydrogen) atoms. The van der Waals surface area contributed by atoms with Crippen LogP contribution in [0.1, 0.15) is 6.42 Å². The molecule has 0 atom stereocenters. The average Bonchev–Trinajstić information content (AvgIpc) is 2.72. The number of carbonyl (C=O) groups excluding carboxylic acids is 1. The van der Waals surface area contributed by atoms with E-state index in [-0.39, 0.29) is 28.7 Å². The topological polar surface area (TPSA) is 101 Å². The van der Waals surface area contributed by atoms with E-state index in [1.54, 1.807) is 17.0 Å². The van der Waals surface area contributed by atoms with Gasteiger partial charge in [-0.1, -0.05) is 11.6 Å². The first-order chi connectivity index (χ1) is 13.8. The van der Waals surface area contributed by atoms with Gasteiger partial charge in [-0.3, -0.25) is 14.9 Å². The van der Waals surface area contributed by atoms with E-state index in [9.17, 15) is 23.3 Å². The highest BCUT2D eigenvalue weighted by Crippen LogP contribution is 2.21. The number of anilines is 1. The second-order valence-corrected chi connectivity index (χ2v) is 9.21. The number of benzene rings is 2. The van der Waals surface area contributed by atoms with Crippen LogP contribution in [-0.4, -0.2) is 56.1 Å². The van der Waals surface area contributed by atoms with Crippen LogP contribution in [0, 0.1) is 10.1 Å². The molecule has 0 aliphatic carbocycles. The molecule has 10 heteroatoms. The molecular formula is C19H20ClN3O5S. The van der Waals surface area contributed by atoms with Gasteiger partial charge in [-0.25, -0.2) is 8.42 Å². The van der Waals surface area contributed by atoms with E-state index in [1.165, 1.54) is 36.4 Å². The number of nitro groups is 1. The van der Waals surface area contributed by atoms with E-state index < -0.39 is 14.8 Å². The minimum atomic E-state index is -3.55. The smallest absolute Gasteiger partial charge is 0.269 e. The summed E-state index contributed by atoms with van der Waals surface area (Å²) in [6, 6.07) is 12.2. The zero-order chi connectivity index (χ0) is 21.0. The largest absolute Gasteiger partial charge is 0.368 e. The van der Waals surface area contributed by atoms with E-state index >= 15 is 0 Å². The summed E-state index contributed by atoms with van der Waals surface area (Å²) in [4.78, 5) is 26.6. The fraction of sp³-hybridized carbons (Fsp3) is 0.316. The molecule has 0 N–H and O–H groups in total. The normalized spacial score (nSPS) is 14.7. The third-order valence-corrected chi connectivity index (χ3v) is 6.80. The summed E-state index contributed by atoms with van der Waals surface area (Å²) in [6.45, 7) is 2.09. The highest BCUT2D eigenvalue weighted by Gasteiger charge is 2.24. The van der Waals surface area contributed by atoms with Crippen molar-refractivity contribution < 1.29 is 18.1 Å². The Kier molecular flexibility index (Phi) is 6.39. The van der Waals surface area contributed by atoms with Crippen molar-refractivity contribution in [2.45, 2.75) is 11.3 Å². The Morgan fingerprint density at radius 2 is 1.59 bits per heavy atom. The van der Waals surface area contributed by atoms with Crippen LogP contribution in [0.5, 0.6) is 0 Å². The number of amides is 1. The Morgan fingerprint density at radius 1 is 1.00 bits per heavy atom. The van der Waals surface area contributed by atoms with Gasteiger partial charge in [-0.15, -0.1) is 0 Å². The number of halogens is 1. The highest BCUT2D eigenvalue weighted by atomic mass is 35.5. The summed E-state index contributed by atoms with van der Waals surface area (Å²) in [6.07, 6.45) is -0.0809. The van der Waals surface area contributed by atoms with Crippen LogP contribution in [0.2, 0.25) is 5.02 Å². The second-order valence-electron chi connectivity index (χ2n) is 6.66. The zero-order valence-corrected chi connectivity index (χ0v) is 17.1. The molecular weight excluding hydrogens is 418 g/mol. The number of piperazine rings is 1. The van der Waals surface area contributed by atoms with Crippen molar-refractivity contribution in [2.24, 2.45) is 0 Å². The molecule has 0 bridgehead atoms. The number of carbonyl (C=O) groups is 1. The minimum absolute atomic E-state index is 0.0319. The maximum Gasteiger partial charge on any atom is 0.269 e. The van der Waals surface area contributed by atoms with E-state index in [2.05, 4.69) is 0 Å². The van der Waals surface area contributed by atoms with Crippen molar-refractivity contribution in [1.29, 1.82) is 0 Å². The van der Waals surface area contributed by atoms with Gasteiger partial charge in [0.1, 0.15) is 0 Å². The molecule has 0 radical (unpaired) electrons. The average molecular weight is 438 g/mol. The third kappa shape index (κ3) is 5.24. The van der Waals surface area contributed by atoms with E-state index in [0.29, 0.717) is 31.2 Å². The summed E-state index contributed by atoms with van der Waals surface area (Å²) in [7, 11) is -3.55. The Morgan fingerprint density at radius 3 is 2.14 bits per heavy atom. The molecule has 154 valence electrons. The zero-order valence-electron chi connectivity index (χ0n) is 15.5. The van der Waals surface area contributed by atoms with Crippen LogP contribution < -0.4 is 4.90 Å². The molecule has 2 aromatic rings. The van der Waals surface area contributed by atoms with Crippen molar-refractivity contribution in [3.05, 3.63) is 63.7 Å². The van der Waals surface area contributed by atoms with Gasteiger partial charge in [0.25, 0.3) is 5.69 Å². The molecule has 0 unspecified atom stereocenters. The van der Waals surface area contributed by atoms with Gasteiger partial charge in [-0.2, -0.15) is 0 Å². The molecule has 1 fully saturated rings. The van der Waals surface area contributed by atoms with Crippen molar-refractivity contribution in [2.75, 3.05) is 36.8 Å². The van der Waals surface area contributed by atoms with Crippen molar-refractivity contribution in [3.63, 3.8) is 0 Å². The van der Waals surface area contributed by atoms with Crippen LogP contribution in [0.4, 0.5) is 11.4 Å². The van der Waals surface area contributed by atoms with Crippen LogP contribution in [0.25, 0.3) is 0 Å². The van der Waals surface area contributed by atoms with E-state index in [0.717, 1.165) is 5.69 Å². The summed E-state index contributed by atoms with van der Waals surface area (Å²) >= 11 is 5.78. The first-order valence-corrected chi connectivity index (χ1v) is 11.0. The molecule has 1 aliphatic heterocycles. The standard InChI is InChI=1S/C19H20ClN3O5S/c20-15-1-7-18(8-2-15)29(27,28)14-9-19(24)22-12-10-21(11-13-22)16-3-5-17(6-4-16)23(25)26/h1-8H,9-14H2. The first-order valence-electron chi connectivity index (χ1n) is 9.02. The summed E-state index contributed by atoms with van der Waals surface area (Å²) in [5.41, 5.74) is 0.887. The lowest BCUT2D eigenvalue weighted by Crippen LogP contribution is -2.49. The number of sulfone groups is 1. The maximum atomic E-state index is 12.4. The number of nitrogens with zero attached hydrogens (tertiary/aromatic N) is 3. The Labute approximate surface area is 173 Å². The van der Waals surface area contributed by atoms with Crippen LogP contribution in [0.3, 0.4) is 0 Å². The Balaban J connectivity index is 1.52. The minimum Gasteiger partial charge on any atom is -0.368 e. The van der Waals surface area contributed by atoms with Gasteiger partial charge in [0.15, 0.2) is 9.84 Å². The Hall–Kier alpha value is -2.65. The van der Waals surface area contributed by atoms with Gasteiger partial charge >= 0.3 is 0 Å². The summed E-state index contributed by atoms with van der Waals surface area (Å²) in [5.74, 6) is -0.457. The summed E-state index contributed by atoms with van der Waals surface area (Å²) in [5, 5.41) is 11.2. The molecule has 0 spiro atoms. The maximum absolute atomic E-state index is 12.4. The number of nitro benzene ring substituents is 1. The Bertz CT molecular complexity index is 986. The lowest BCUT2D eigenvalue weighted by molar-refractivity contribution is -0.384. The van der Waals surface area contributed by atoms with E-state index in [1.807, 2.05) is 4.90 Å². The predicted octanol–water partition coefficient (Wildman–Crippen LogP) is 2.76. The molecule has 1 saturated heterocycles. The monoisotopic (exact) mass is 437 g/mol. The molecule has 3 rings (SSSR count). The number of hydrogen-bond acceptors (Lipinski definition) is 6. The predicted molar refractivity (Wildman–Crippen MR) is 110 cm³/mol. The fourth-order valence-corrected chi connectivity index (χ4v) is 4.49. The fourth-order valence-electron chi connectivity index (χ4n) is 3.14. The highest BCUT2D eigenvalue weighted by molar-refractivity contribution is 7.91. The van der Waals surface area contributed by atoms with Crippen molar-refractivity contribution >= 4 is 38.7 Å². The van der Waals surface area contributed by atoms with Gasteiger partial charge in [0.2, 0.25) is 5.91 Å². The molecule has 0 aromatic heterocycles. The lowest BCUT2D eigenvalue weighted by atomic mass is 10.2. The lowest BCUT2D eigenvalue weighted by Gasteiger charge is -2.36. The first kappa shape index (κ1) is 21.1. The third-order valence-electron chi connectivity index (χ3n) is 4.82. The van der Waals surface area contributed by atoms with Crippen molar-refractivity contribution in [3.8, 4) is 0 Å². The second kappa shape index (κ2) is 8.79.